The first-order valence-corrected chi connectivity index (χ1v) is 8.12. The Morgan fingerprint density at radius 1 is 1.32 bits per heavy atom. The molecule has 1 saturated carbocycles. The van der Waals surface area contributed by atoms with Crippen LogP contribution in [0.4, 0.5) is 0 Å². The van der Waals surface area contributed by atoms with E-state index in [1.807, 2.05) is 13.0 Å². The summed E-state index contributed by atoms with van der Waals surface area (Å²) >= 11 is 0. The zero-order valence-corrected chi connectivity index (χ0v) is 13.2. The van der Waals surface area contributed by atoms with Gasteiger partial charge in [-0.3, -0.25) is 4.79 Å². The van der Waals surface area contributed by atoms with E-state index in [4.69, 9.17) is 4.42 Å². The summed E-state index contributed by atoms with van der Waals surface area (Å²) in [4.78, 5) is 16.2. The van der Waals surface area contributed by atoms with Gasteiger partial charge in [-0.25, -0.2) is 4.99 Å². The largest absolute Gasteiger partial charge is 0.467 e. The molecule has 0 spiro atoms. The third-order valence-corrected chi connectivity index (χ3v) is 3.71. The highest BCUT2D eigenvalue weighted by molar-refractivity contribution is 5.85. The van der Waals surface area contributed by atoms with Gasteiger partial charge in [0.15, 0.2) is 5.96 Å². The second kappa shape index (κ2) is 9.12. The first-order chi connectivity index (χ1) is 10.8. The fourth-order valence-electron chi connectivity index (χ4n) is 2.57. The van der Waals surface area contributed by atoms with Crippen LogP contribution in [0.1, 0.15) is 44.8 Å². The molecule has 0 radical (unpaired) electrons. The van der Waals surface area contributed by atoms with Gasteiger partial charge in [-0.05, 0) is 31.9 Å². The SMILES string of the molecule is CCNC(=NCC(=O)NCc1ccco1)NC1CCCCC1. The molecule has 1 amide bonds. The van der Waals surface area contributed by atoms with Crippen molar-refractivity contribution >= 4 is 11.9 Å². The average Bonchev–Trinajstić information content (AvgIpc) is 3.05. The molecule has 0 bridgehead atoms. The monoisotopic (exact) mass is 306 g/mol. The molecule has 22 heavy (non-hydrogen) atoms. The van der Waals surface area contributed by atoms with Crippen LogP contribution in [0.15, 0.2) is 27.8 Å². The topological polar surface area (TPSA) is 78.7 Å². The van der Waals surface area contributed by atoms with Gasteiger partial charge in [0.1, 0.15) is 12.3 Å². The number of aliphatic imine (C=N–C) groups is 1. The van der Waals surface area contributed by atoms with Crippen LogP contribution in [-0.2, 0) is 11.3 Å². The Hall–Kier alpha value is -1.98. The van der Waals surface area contributed by atoms with Gasteiger partial charge in [-0.2, -0.15) is 0 Å². The Morgan fingerprint density at radius 2 is 2.14 bits per heavy atom. The lowest BCUT2D eigenvalue weighted by molar-refractivity contribution is -0.119. The maximum Gasteiger partial charge on any atom is 0.242 e. The molecule has 1 aliphatic carbocycles. The summed E-state index contributed by atoms with van der Waals surface area (Å²) in [5, 5.41) is 9.41. The lowest BCUT2D eigenvalue weighted by Gasteiger charge is -2.24. The minimum absolute atomic E-state index is 0.114. The van der Waals surface area contributed by atoms with E-state index >= 15 is 0 Å². The predicted octanol–water partition coefficient (Wildman–Crippen LogP) is 1.78. The molecule has 1 aliphatic rings. The van der Waals surface area contributed by atoms with Crippen LogP contribution in [-0.4, -0.2) is 31.0 Å². The number of rotatable bonds is 6. The number of nitrogens with one attached hydrogen (secondary N) is 3. The number of carbonyl (C=O) groups excluding carboxylic acids is 1. The molecule has 6 nitrogen and oxygen atoms in total. The molecule has 3 N–H and O–H groups in total. The van der Waals surface area contributed by atoms with Gasteiger partial charge in [-0.15, -0.1) is 0 Å². The van der Waals surface area contributed by atoms with Gasteiger partial charge in [-0.1, -0.05) is 19.3 Å². The van der Waals surface area contributed by atoms with Crippen molar-refractivity contribution in [1.82, 2.24) is 16.0 Å². The second-order valence-corrected chi connectivity index (χ2v) is 5.53. The summed E-state index contributed by atoms with van der Waals surface area (Å²) in [5.41, 5.74) is 0. The van der Waals surface area contributed by atoms with Gasteiger partial charge in [0.25, 0.3) is 0 Å². The van der Waals surface area contributed by atoms with Gasteiger partial charge in [0.2, 0.25) is 5.91 Å². The molecule has 0 aromatic carbocycles. The molecule has 122 valence electrons. The van der Waals surface area contributed by atoms with Crippen LogP contribution >= 0.6 is 0 Å². The standard InChI is InChI=1S/C16H26N4O2/c1-2-17-16(20-13-7-4-3-5-8-13)19-12-15(21)18-11-14-9-6-10-22-14/h6,9-10,13H,2-5,7-8,11-12H2,1H3,(H,18,21)(H2,17,19,20). The summed E-state index contributed by atoms with van der Waals surface area (Å²) in [6.45, 7) is 3.32. The maximum absolute atomic E-state index is 11.8. The minimum atomic E-state index is -0.114. The molecule has 0 atom stereocenters. The molecular formula is C16H26N4O2. The fourth-order valence-corrected chi connectivity index (χ4v) is 2.57. The van der Waals surface area contributed by atoms with Gasteiger partial charge < -0.3 is 20.4 Å². The van der Waals surface area contributed by atoms with Crippen molar-refractivity contribution in [2.45, 2.75) is 51.6 Å². The van der Waals surface area contributed by atoms with Crippen LogP contribution < -0.4 is 16.0 Å². The molecule has 0 aliphatic heterocycles. The van der Waals surface area contributed by atoms with E-state index in [-0.39, 0.29) is 12.5 Å². The summed E-state index contributed by atoms with van der Waals surface area (Å²) in [6.07, 6.45) is 7.80. The first-order valence-electron chi connectivity index (χ1n) is 8.12. The summed E-state index contributed by atoms with van der Waals surface area (Å²) in [6, 6.07) is 4.10. The van der Waals surface area contributed by atoms with Crippen molar-refractivity contribution in [3.63, 3.8) is 0 Å². The molecule has 1 aromatic heterocycles. The third-order valence-electron chi connectivity index (χ3n) is 3.71. The maximum atomic E-state index is 11.8. The third kappa shape index (κ3) is 5.79. The molecule has 1 fully saturated rings. The second-order valence-electron chi connectivity index (χ2n) is 5.53. The van der Waals surface area contributed by atoms with E-state index in [1.54, 1.807) is 12.3 Å². The van der Waals surface area contributed by atoms with Crippen molar-refractivity contribution in [1.29, 1.82) is 0 Å². The minimum Gasteiger partial charge on any atom is -0.467 e. The normalized spacial score (nSPS) is 16.3. The number of furan rings is 1. The average molecular weight is 306 g/mol. The van der Waals surface area contributed by atoms with Crippen LogP contribution in [0.3, 0.4) is 0 Å². The molecule has 1 aromatic rings. The molecular weight excluding hydrogens is 280 g/mol. The number of hydrogen-bond acceptors (Lipinski definition) is 3. The Kier molecular flexibility index (Phi) is 6.80. The van der Waals surface area contributed by atoms with Crippen LogP contribution in [0, 0.1) is 0 Å². The molecule has 1 heterocycles. The van der Waals surface area contributed by atoms with E-state index in [0.717, 1.165) is 18.3 Å². The molecule has 2 rings (SSSR count). The summed E-state index contributed by atoms with van der Waals surface area (Å²) < 4.78 is 5.17. The fraction of sp³-hybridized carbons (Fsp3) is 0.625. The smallest absolute Gasteiger partial charge is 0.242 e. The summed E-state index contributed by atoms with van der Waals surface area (Å²) in [7, 11) is 0. The number of guanidine groups is 1. The van der Waals surface area contributed by atoms with Gasteiger partial charge in [0.05, 0.1) is 12.8 Å². The highest BCUT2D eigenvalue weighted by atomic mass is 16.3. The predicted molar refractivity (Wildman–Crippen MR) is 86.5 cm³/mol. The highest BCUT2D eigenvalue weighted by Crippen LogP contribution is 2.17. The van der Waals surface area contributed by atoms with Crippen molar-refractivity contribution < 1.29 is 9.21 Å². The van der Waals surface area contributed by atoms with Crippen molar-refractivity contribution in [3.05, 3.63) is 24.2 Å². The quantitative estimate of drug-likeness (QED) is 0.553. The van der Waals surface area contributed by atoms with E-state index in [1.165, 1.54) is 32.1 Å². The van der Waals surface area contributed by atoms with E-state index in [2.05, 4.69) is 20.9 Å². The number of amides is 1. The Morgan fingerprint density at radius 3 is 2.82 bits per heavy atom. The first kappa shape index (κ1) is 16.4. The summed E-state index contributed by atoms with van der Waals surface area (Å²) in [5.74, 6) is 1.35. The number of carbonyl (C=O) groups is 1. The van der Waals surface area contributed by atoms with Gasteiger partial charge in [0, 0.05) is 12.6 Å². The zero-order valence-electron chi connectivity index (χ0n) is 13.2. The van der Waals surface area contributed by atoms with Crippen molar-refractivity contribution in [2.24, 2.45) is 4.99 Å². The lowest BCUT2D eigenvalue weighted by atomic mass is 9.96. The zero-order chi connectivity index (χ0) is 15.6. The number of nitrogens with zero attached hydrogens (tertiary/aromatic N) is 1. The van der Waals surface area contributed by atoms with E-state index < -0.39 is 0 Å². The van der Waals surface area contributed by atoms with Gasteiger partial charge >= 0.3 is 0 Å². The van der Waals surface area contributed by atoms with Crippen molar-refractivity contribution in [2.75, 3.05) is 13.1 Å². The molecule has 0 saturated heterocycles. The van der Waals surface area contributed by atoms with Crippen LogP contribution in [0.25, 0.3) is 0 Å². The van der Waals surface area contributed by atoms with Crippen LogP contribution in [0.2, 0.25) is 0 Å². The van der Waals surface area contributed by atoms with E-state index in [0.29, 0.717) is 12.6 Å². The molecule has 6 heteroatoms. The van der Waals surface area contributed by atoms with Crippen LogP contribution in [0.5, 0.6) is 0 Å². The number of hydrogen-bond donors (Lipinski definition) is 3. The Labute approximate surface area is 131 Å². The Balaban J connectivity index is 1.76. The van der Waals surface area contributed by atoms with E-state index in [9.17, 15) is 4.79 Å². The molecule has 0 unspecified atom stereocenters. The Bertz CT molecular complexity index is 465. The highest BCUT2D eigenvalue weighted by Gasteiger charge is 2.14. The lowest BCUT2D eigenvalue weighted by Crippen LogP contribution is -2.44. The van der Waals surface area contributed by atoms with Crippen molar-refractivity contribution in [3.8, 4) is 0 Å².